The fourth-order valence-corrected chi connectivity index (χ4v) is 2.00. The molecule has 0 aromatic carbocycles. The number of rotatable bonds is 16. The van der Waals surface area contributed by atoms with Crippen molar-refractivity contribution in [3.05, 3.63) is 0 Å². The van der Waals surface area contributed by atoms with Crippen LogP contribution in [0.3, 0.4) is 0 Å². The summed E-state index contributed by atoms with van der Waals surface area (Å²) in [6.45, 7) is 10.7. The highest BCUT2D eigenvalue weighted by Gasteiger charge is 2.08. The minimum absolute atomic E-state index is 0.546. The molecule has 1 rings (SSSR count). The van der Waals surface area contributed by atoms with Crippen LogP contribution in [0.5, 0.6) is 0 Å². The fourth-order valence-electron chi connectivity index (χ4n) is 2.00. The number of nitrogens with one attached hydrogen (secondary N) is 1. The standard InChI is InChI=1S/C15H33N3O5/c16-1-6-19-7-8-20-9-10-21-11-12-22-13-14-23-15-18-4-2-17-3-5-18/h17H,1-16H2. The Kier molecular flexibility index (Phi) is 14.9. The zero-order valence-corrected chi connectivity index (χ0v) is 14.2. The summed E-state index contributed by atoms with van der Waals surface area (Å²) < 4.78 is 26.9. The van der Waals surface area contributed by atoms with Crippen molar-refractivity contribution < 1.29 is 23.7 Å². The number of piperazine rings is 1. The van der Waals surface area contributed by atoms with Gasteiger partial charge in [-0.25, -0.2) is 0 Å². The Hall–Kier alpha value is -0.320. The topological polar surface area (TPSA) is 87.4 Å². The maximum absolute atomic E-state index is 5.57. The van der Waals surface area contributed by atoms with Crippen molar-refractivity contribution in [1.29, 1.82) is 0 Å². The lowest BCUT2D eigenvalue weighted by atomic mass is 10.4. The molecular weight excluding hydrogens is 302 g/mol. The van der Waals surface area contributed by atoms with Crippen LogP contribution in [0.1, 0.15) is 0 Å². The maximum Gasteiger partial charge on any atom is 0.0992 e. The molecule has 0 bridgehead atoms. The molecule has 8 heteroatoms. The summed E-state index contributed by atoms with van der Waals surface area (Å²) in [5.41, 5.74) is 5.30. The molecule has 0 aliphatic carbocycles. The van der Waals surface area contributed by atoms with Gasteiger partial charge in [-0.3, -0.25) is 4.90 Å². The van der Waals surface area contributed by atoms with Crippen LogP contribution in [0.4, 0.5) is 0 Å². The van der Waals surface area contributed by atoms with Crippen LogP contribution in [0, 0.1) is 0 Å². The van der Waals surface area contributed by atoms with Gasteiger partial charge in [0.15, 0.2) is 0 Å². The van der Waals surface area contributed by atoms with Gasteiger partial charge in [0.2, 0.25) is 0 Å². The average Bonchev–Trinajstić information content (AvgIpc) is 2.59. The summed E-state index contributed by atoms with van der Waals surface area (Å²) in [5, 5.41) is 3.31. The zero-order valence-electron chi connectivity index (χ0n) is 14.2. The predicted octanol–water partition coefficient (Wildman–Crippen LogP) is -1.11. The fraction of sp³-hybridized carbons (Fsp3) is 1.00. The van der Waals surface area contributed by atoms with Gasteiger partial charge in [-0.15, -0.1) is 0 Å². The molecule has 0 atom stereocenters. The predicted molar refractivity (Wildman–Crippen MR) is 87.6 cm³/mol. The second-order valence-corrected chi connectivity index (χ2v) is 5.14. The van der Waals surface area contributed by atoms with Crippen molar-refractivity contribution >= 4 is 0 Å². The van der Waals surface area contributed by atoms with E-state index in [1.807, 2.05) is 0 Å². The molecule has 0 spiro atoms. The normalized spacial score (nSPS) is 16.0. The summed E-state index contributed by atoms with van der Waals surface area (Å²) >= 11 is 0. The van der Waals surface area contributed by atoms with Gasteiger partial charge < -0.3 is 34.7 Å². The third-order valence-corrected chi connectivity index (χ3v) is 3.23. The monoisotopic (exact) mass is 335 g/mol. The van der Waals surface area contributed by atoms with E-state index < -0.39 is 0 Å². The molecule has 1 aliphatic heterocycles. The number of nitrogens with two attached hydrogens (primary N) is 1. The maximum atomic E-state index is 5.57. The Morgan fingerprint density at radius 2 is 1.09 bits per heavy atom. The highest BCUT2D eigenvalue weighted by Crippen LogP contribution is 1.92. The first-order valence-corrected chi connectivity index (χ1v) is 8.45. The lowest BCUT2D eigenvalue weighted by Crippen LogP contribution is -2.44. The van der Waals surface area contributed by atoms with E-state index in [1.54, 1.807) is 0 Å². The number of ether oxygens (including phenoxy) is 5. The van der Waals surface area contributed by atoms with E-state index in [0.717, 1.165) is 26.2 Å². The van der Waals surface area contributed by atoms with Crippen molar-refractivity contribution in [1.82, 2.24) is 10.2 Å². The first kappa shape index (κ1) is 20.7. The smallest absolute Gasteiger partial charge is 0.0992 e. The second-order valence-electron chi connectivity index (χ2n) is 5.14. The molecule has 0 unspecified atom stereocenters. The third-order valence-electron chi connectivity index (χ3n) is 3.23. The lowest BCUT2D eigenvalue weighted by Gasteiger charge is -2.26. The quantitative estimate of drug-likeness (QED) is 0.343. The first-order valence-electron chi connectivity index (χ1n) is 8.45. The average molecular weight is 335 g/mol. The van der Waals surface area contributed by atoms with Crippen molar-refractivity contribution in [3.63, 3.8) is 0 Å². The van der Waals surface area contributed by atoms with E-state index in [1.165, 1.54) is 0 Å². The molecule has 0 aromatic heterocycles. The summed E-state index contributed by atoms with van der Waals surface area (Å²) in [5.74, 6) is 0. The molecule has 1 fully saturated rings. The van der Waals surface area contributed by atoms with Crippen molar-refractivity contribution in [2.45, 2.75) is 0 Å². The Bertz CT molecular complexity index is 243. The van der Waals surface area contributed by atoms with E-state index >= 15 is 0 Å². The molecular formula is C15H33N3O5. The summed E-state index contributed by atoms with van der Waals surface area (Å²) in [7, 11) is 0. The van der Waals surface area contributed by atoms with Gasteiger partial charge in [0, 0.05) is 32.7 Å². The Labute approximate surface area is 139 Å². The number of nitrogens with zero attached hydrogens (tertiary/aromatic N) is 1. The molecule has 0 radical (unpaired) electrons. The molecule has 23 heavy (non-hydrogen) atoms. The van der Waals surface area contributed by atoms with E-state index in [4.69, 9.17) is 29.4 Å². The van der Waals surface area contributed by atoms with Gasteiger partial charge in [-0.1, -0.05) is 0 Å². The van der Waals surface area contributed by atoms with Crippen LogP contribution in [0.15, 0.2) is 0 Å². The van der Waals surface area contributed by atoms with Crippen LogP contribution in [-0.4, -0.2) is 104 Å². The number of hydrogen-bond acceptors (Lipinski definition) is 8. The lowest BCUT2D eigenvalue weighted by molar-refractivity contribution is -0.0278. The molecule has 1 heterocycles. The van der Waals surface area contributed by atoms with Gasteiger partial charge in [0.05, 0.1) is 66.2 Å². The van der Waals surface area contributed by atoms with Gasteiger partial charge >= 0.3 is 0 Å². The molecule has 3 N–H and O–H groups in total. The van der Waals surface area contributed by atoms with E-state index in [2.05, 4.69) is 10.2 Å². The SMILES string of the molecule is NCCOCCOCCOCCOCCOCN1CCNCC1. The summed E-state index contributed by atoms with van der Waals surface area (Å²) in [4.78, 5) is 2.29. The van der Waals surface area contributed by atoms with Gasteiger partial charge in [-0.2, -0.15) is 0 Å². The zero-order chi connectivity index (χ0) is 16.4. The van der Waals surface area contributed by atoms with Crippen LogP contribution >= 0.6 is 0 Å². The van der Waals surface area contributed by atoms with Crippen LogP contribution in [0.2, 0.25) is 0 Å². The van der Waals surface area contributed by atoms with E-state index in [-0.39, 0.29) is 0 Å². The Morgan fingerprint density at radius 3 is 1.57 bits per heavy atom. The molecule has 138 valence electrons. The summed E-state index contributed by atoms with van der Waals surface area (Å²) in [6, 6.07) is 0. The molecule has 0 saturated carbocycles. The van der Waals surface area contributed by atoms with E-state index in [0.29, 0.717) is 72.7 Å². The largest absolute Gasteiger partial charge is 0.378 e. The Balaban J connectivity index is 1.67. The van der Waals surface area contributed by atoms with Gasteiger partial charge in [-0.05, 0) is 0 Å². The van der Waals surface area contributed by atoms with Gasteiger partial charge in [0.1, 0.15) is 0 Å². The molecule has 1 aliphatic rings. The molecule has 0 amide bonds. The molecule has 1 saturated heterocycles. The summed E-state index contributed by atoms with van der Waals surface area (Å²) in [6.07, 6.45) is 0. The van der Waals surface area contributed by atoms with Crippen molar-refractivity contribution in [2.24, 2.45) is 5.73 Å². The third kappa shape index (κ3) is 13.8. The van der Waals surface area contributed by atoms with Crippen LogP contribution < -0.4 is 11.1 Å². The minimum Gasteiger partial charge on any atom is -0.378 e. The molecule has 0 aromatic rings. The number of hydrogen-bond donors (Lipinski definition) is 2. The van der Waals surface area contributed by atoms with Crippen molar-refractivity contribution in [3.8, 4) is 0 Å². The van der Waals surface area contributed by atoms with Crippen LogP contribution in [-0.2, 0) is 23.7 Å². The minimum atomic E-state index is 0.546. The van der Waals surface area contributed by atoms with Crippen LogP contribution in [0.25, 0.3) is 0 Å². The second kappa shape index (κ2) is 16.5. The highest BCUT2D eigenvalue weighted by molar-refractivity contribution is 4.64. The van der Waals surface area contributed by atoms with Gasteiger partial charge in [0.25, 0.3) is 0 Å². The highest BCUT2D eigenvalue weighted by atomic mass is 16.6. The van der Waals surface area contributed by atoms with Crippen molar-refractivity contribution in [2.75, 3.05) is 98.9 Å². The Morgan fingerprint density at radius 1 is 0.652 bits per heavy atom. The van der Waals surface area contributed by atoms with E-state index in [9.17, 15) is 0 Å². The molecule has 8 nitrogen and oxygen atoms in total. The first-order chi connectivity index (χ1) is 11.4.